The number of hydrogen-bond donors (Lipinski definition) is 0. The first-order valence-electron chi connectivity index (χ1n) is 9.34. The van der Waals surface area contributed by atoms with Crippen LogP contribution in [0.3, 0.4) is 0 Å². The summed E-state index contributed by atoms with van der Waals surface area (Å²) in [5.74, 6) is -0.203. The van der Waals surface area contributed by atoms with Crippen molar-refractivity contribution in [3.63, 3.8) is 0 Å². The van der Waals surface area contributed by atoms with Gasteiger partial charge in [0.15, 0.2) is 5.78 Å². The number of carbonyl (C=O) groups is 1. The number of Topliss-reactive ketones (excluding diaryl/α,β-unsaturated/α-hetero) is 1. The maximum Gasteiger partial charge on any atom is 0.171 e. The molecule has 4 rings (SSSR count). The minimum absolute atomic E-state index is 0.0988. The molecule has 30 heavy (non-hydrogen) atoms. The minimum atomic E-state index is -0.301. The SMILES string of the molecule is [N-]=[N+]=Nc1ccc(C=C2c3ccccc3C(=O)C2Cc2ccc(N=[N+]=[N-])cc2)cc1. The van der Waals surface area contributed by atoms with E-state index in [1.807, 2.05) is 54.6 Å². The van der Waals surface area contributed by atoms with Crippen molar-refractivity contribution < 1.29 is 4.79 Å². The molecule has 0 heterocycles. The van der Waals surface area contributed by atoms with Gasteiger partial charge in [0.1, 0.15) is 0 Å². The molecule has 0 radical (unpaired) electrons. The number of carbonyl (C=O) groups excluding carboxylic acids is 1. The third kappa shape index (κ3) is 3.80. The van der Waals surface area contributed by atoms with E-state index in [2.05, 4.69) is 20.1 Å². The summed E-state index contributed by atoms with van der Waals surface area (Å²) in [6, 6.07) is 22.1. The Morgan fingerprint density at radius 3 is 1.97 bits per heavy atom. The van der Waals surface area contributed by atoms with Gasteiger partial charge < -0.3 is 0 Å². The highest BCUT2D eigenvalue weighted by molar-refractivity contribution is 6.16. The fourth-order valence-electron chi connectivity index (χ4n) is 3.70. The summed E-state index contributed by atoms with van der Waals surface area (Å²) in [6.07, 6.45) is 2.56. The molecule has 0 saturated carbocycles. The summed E-state index contributed by atoms with van der Waals surface area (Å²) in [5.41, 5.74) is 22.8. The first-order chi connectivity index (χ1) is 14.7. The van der Waals surface area contributed by atoms with Crippen molar-refractivity contribution in [1.29, 1.82) is 0 Å². The Kier molecular flexibility index (Phi) is 5.31. The predicted octanol–water partition coefficient (Wildman–Crippen LogP) is 7.17. The Labute approximate surface area is 172 Å². The van der Waals surface area contributed by atoms with Crippen LogP contribution in [0.25, 0.3) is 32.5 Å². The maximum atomic E-state index is 13.1. The number of allylic oxidation sites excluding steroid dienone is 1. The van der Waals surface area contributed by atoms with Gasteiger partial charge in [0.2, 0.25) is 0 Å². The lowest BCUT2D eigenvalue weighted by atomic mass is 9.90. The van der Waals surface area contributed by atoms with Crippen molar-refractivity contribution >= 4 is 28.8 Å². The molecule has 0 amide bonds. The Balaban J connectivity index is 1.71. The van der Waals surface area contributed by atoms with Crippen LogP contribution in [0.4, 0.5) is 11.4 Å². The van der Waals surface area contributed by atoms with E-state index >= 15 is 0 Å². The highest BCUT2D eigenvalue weighted by Crippen LogP contribution is 2.40. The van der Waals surface area contributed by atoms with Crippen molar-refractivity contribution in [1.82, 2.24) is 0 Å². The van der Waals surface area contributed by atoms with Gasteiger partial charge >= 0.3 is 0 Å². The number of hydrogen-bond acceptors (Lipinski definition) is 3. The smallest absolute Gasteiger partial charge is 0.171 e. The fourth-order valence-corrected chi connectivity index (χ4v) is 3.70. The normalized spacial score (nSPS) is 15.9. The molecule has 1 unspecified atom stereocenters. The quantitative estimate of drug-likeness (QED) is 0.256. The molecular formula is C23H16N6O. The molecular weight excluding hydrogens is 376 g/mol. The zero-order valence-corrected chi connectivity index (χ0v) is 15.9. The summed E-state index contributed by atoms with van der Waals surface area (Å²) in [6.45, 7) is 0. The monoisotopic (exact) mass is 392 g/mol. The van der Waals surface area contributed by atoms with Gasteiger partial charge in [-0.2, -0.15) is 0 Å². The van der Waals surface area contributed by atoms with Crippen LogP contribution in [0.1, 0.15) is 27.0 Å². The maximum absolute atomic E-state index is 13.1. The van der Waals surface area contributed by atoms with E-state index in [0.717, 1.165) is 27.8 Å². The van der Waals surface area contributed by atoms with Crippen LogP contribution < -0.4 is 0 Å². The standard InChI is InChI=1S/C23H16N6O/c24-28-26-17-9-5-15(6-10-17)13-21-19-3-1-2-4-20(19)23(30)22(21)14-16-7-11-18(12-8-16)27-29-25/h1-13,22H,14H2. The van der Waals surface area contributed by atoms with E-state index in [-0.39, 0.29) is 11.7 Å². The van der Waals surface area contributed by atoms with Gasteiger partial charge in [-0.3, -0.25) is 4.79 Å². The van der Waals surface area contributed by atoms with Gasteiger partial charge in [0.25, 0.3) is 0 Å². The first kappa shape index (κ1) is 19.0. The number of ketones is 1. The molecule has 0 aliphatic heterocycles. The first-order valence-corrected chi connectivity index (χ1v) is 9.34. The molecule has 0 bridgehead atoms. The van der Waals surface area contributed by atoms with Crippen LogP contribution in [0, 0.1) is 5.92 Å². The van der Waals surface area contributed by atoms with Crippen LogP contribution in [-0.4, -0.2) is 5.78 Å². The molecule has 0 spiro atoms. The Hall–Kier alpha value is -4.31. The fraction of sp³-hybridized carbons (Fsp3) is 0.0870. The van der Waals surface area contributed by atoms with E-state index in [4.69, 9.17) is 11.1 Å². The molecule has 1 atom stereocenters. The molecule has 144 valence electrons. The second kappa shape index (κ2) is 8.37. The van der Waals surface area contributed by atoms with Gasteiger partial charge in [0, 0.05) is 26.8 Å². The summed E-state index contributed by atoms with van der Waals surface area (Å²) < 4.78 is 0. The van der Waals surface area contributed by atoms with E-state index in [9.17, 15) is 4.79 Å². The third-order valence-electron chi connectivity index (χ3n) is 5.11. The van der Waals surface area contributed by atoms with Crippen molar-refractivity contribution in [2.45, 2.75) is 6.42 Å². The molecule has 0 saturated heterocycles. The summed E-state index contributed by atoms with van der Waals surface area (Å²) in [4.78, 5) is 18.7. The Morgan fingerprint density at radius 2 is 1.37 bits per heavy atom. The lowest BCUT2D eigenvalue weighted by Gasteiger charge is -2.12. The number of nitrogens with zero attached hydrogens (tertiary/aromatic N) is 6. The average Bonchev–Trinajstić information content (AvgIpc) is 3.03. The number of fused-ring (bicyclic) bond motifs is 1. The van der Waals surface area contributed by atoms with Gasteiger partial charge in [-0.15, -0.1) is 0 Å². The van der Waals surface area contributed by atoms with Crippen LogP contribution >= 0.6 is 0 Å². The Morgan fingerprint density at radius 1 is 0.800 bits per heavy atom. The number of rotatable bonds is 5. The molecule has 3 aromatic carbocycles. The zero-order valence-electron chi connectivity index (χ0n) is 15.9. The van der Waals surface area contributed by atoms with Gasteiger partial charge in [0.05, 0.1) is 5.92 Å². The summed E-state index contributed by atoms with van der Waals surface area (Å²) in [7, 11) is 0. The number of benzene rings is 3. The van der Waals surface area contributed by atoms with Gasteiger partial charge in [-0.05, 0) is 39.7 Å². The van der Waals surface area contributed by atoms with Crippen molar-refractivity contribution in [2.75, 3.05) is 0 Å². The average molecular weight is 392 g/mol. The van der Waals surface area contributed by atoms with E-state index in [1.165, 1.54) is 0 Å². The minimum Gasteiger partial charge on any atom is -0.293 e. The largest absolute Gasteiger partial charge is 0.293 e. The molecule has 0 fully saturated rings. The Bertz CT molecular complexity index is 1230. The van der Waals surface area contributed by atoms with Crippen molar-refractivity contribution in [3.05, 3.63) is 116 Å². The van der Waals surface area contributed by atoms with Gasteiger partial charge in [-0.1, -0.05) is 89.1 Å². The summed E-state index contributed by atoms with van der Waals surface area (Å²) in [5, 5.41) is 7.18. The van der Waals surface area contributed by atoms with Crippen LogP contribution in [0.15, 0.2) is 83.0 Å². The molecule has 7 heteroatoms. The molecule has 1 aliphatic carbocycles. The second-order valence-electron chi connectivity index (χ2n) is 6.90. The third-order valence-corrected chi connectivity index (χ3v) is 5.11. The van der Waals surface area contributed by atoms with E-state index < -0.39 is 0 Å². The van der Waals surface area contributed by atoms with Crippen molar-refractivity contribution in [2.24, 2.45) is 16.1 Å². The topological polar surface area (TPSA) is 115 Å². The highest BCUT2D eigenvalue weighted by atomic mass is 16.1. The highest BCUT2D eigenvalue weighted by Gasteiger charge is 2.34. The van der Waals surface area contributed by atoms with E-state index in [0.29, 0.717) is 17.8 Å². The van der Waals surface area contributed by atoms with Crippen LogP contribution in [0.2, 0.25) is 0 Å². The van der Waals surface area contributed by atoms with Crippen LogP contribution in [-0.2, 0) is 6.42 Å². The summed E-state index contributed by atoms with van der Waals surface area (Å²) >= 11 is 0. The second-order valence-corrected chi connectivity index (χ2v) is 6.90. The van der Waals surface area contributed by atoms with E-state index in [1.54, 1.807) is 24.3 Å². The molecule has 3 aromatic rings. The lowest BCUT2D eigenvalue weighted by Crippen LogP contribution is -2.11. The molecule has 1 aliphatic rings. The molecule has 7 nitrogen and oxygen atoms in total. The molecule has 0 aromatic heterocycles. The number of azide groups is 2. The van der Waals surface area contributed by atoms with Crippen molar-refractivity contribution in [3.8, 4) is 0 Å². The van der Waals surface area contributed by atoms with Crippen LogP contribution in [0.5, 0.6) is 0 Å². The predicted molar refractivity (Wildman–Crippen MR) is 116 cm³/mol. The van der Waals surface area contributed by atoms with Gasteiger partial charge in [-0.25, -0.2) is 0 Å². The lowest BCUT2D eigenvalue weighted by molar-refractivity contribution is 0.0958. The zero-order chi connectivity index (χ0) is 20.9. The molecule has 0 N–H and O–H groups in total.